The van der Waals surface area contributed by atoms with Gasteiger partial charge in [0, 0.05) is 25.0 Å². The second-order valence-corrected chi connectivity index (χ2v) is 5.30. The molecule has 0 aromatic heterocycles. The molecule has 2 aliphatic rings. The number of rotatable bonds is 2. The molecule has 0 spiro atoms. The predicted octanol–water partition coefficient (Wildman–Crippen LogP) is 1.98. The molecule has 1 heterocycles. The summed E-state index contributed by atoms with van der Waals surface area (Å²) in [6.07, 6.45) is -1.14. The van der Waals surface area contributed by atoms with Gasteiger partial charge in [0.2, 0.25) is 5.91 Å². The number of carbonyl (C=O) groups excluding carboxylic acids is 1. The smallest absolute Gasteiger partial charge is 0.355 e. The Kier molecular flexibility index (Phi) is 4.14. The molecule has 0 bridgehead atoms. The van der Waals surface area contributed by atoms with Crippen molar-refractivity contribution in [3.63, 3.8) is 0 Å². The zero-order valence-electron chi connectivity index (χ0n) is 10.2. The molecule has 1 saturated heterocycles. The van der Waals surface area contributed by atoms with Gasteiger partial charge < -0.3 is 10.6 Å². The van der Waals surface area contributed by atoms with Crippen LogP contribution in [0.25, 0.3) is 0 Å². The van der Waals surface area contributed by atoms with Gasteiger partial charge in [-0.25, -0.2) is 0 Å². The molecule has 1 atom stereocenters. The molecule has 1 saturated carbocycles. The highest BCUT2D eigenvalue weighted by Crippen LogP contribution is 2.37. The Bertz CT molecular complexity index is 288. The number of amides is 1. The van der Waals surface area contributed by atoms with Gasteiger partial charge in [-0.2, -0.15) is 13.2 Å². The standard InChI is InChI=1S/C12H19F3N2O/c13-12(14,15)8-1-3-9(4-2-8)17-10-5-6-11(18)16-7-10/h8-10,17H,1-7H2,(H,16,18). The maximum Gasteiger partial charge on any atom is 0.391 e. The molecule has 3 nitrogen and oxygen atoms in total. The minimum Gasteiger partial charge on any atom is -0.355 e. The van der Waals surface area contributed by atoms with Gasteiger partial charge in [0.1, 0.15) is 0 Å². The van der Waals surface area contributed by atoms with Crippen molar-refractivity contribution in [1.29, 1.82) is 0 Å². The summed E-state index contributed by atoms with van der Waals surface area (Å²) in [6, 6.07) is 0.388. The number of hydrogen-bond acceptors (Lipinski definition) is 2. The van der Waals surface area contributed by atoms with Crippen LogP contribution in [0.5, 0.6) is 0 Å². The fourth-order valence-corrected chi connectivity index (χ4v) is 2.80. The summed E-state index contributed by atoms with van der Waals surface area (Å²) >= 11 is 0. The Morgan fingerprint density at radius 1 is 1.06 bits per heavy atom. The van der Waals surface area contributed by atoms with E-state index in [0.717, 1.165) is 6.42 Å². The summed E-state index contributed by atoms with van der Waals surface area (Å²) < 4.78 is 37.5. The minimum atomic E-state index is -4.04. The van der Waals surface area contributed by atoms with Crippen molar-refractivity contribution in [2.24, 2.45) is 5.92 Å². The molecule has 104 valence electrons. The van der Waals surface area contributed by atoms with Gasteiger partial charge in [-0.3, -0.25) is 4.79 Å². The molecule has 0 radical (unpaired) electrons. The average molecular weight is 264 g/mol. The van der Waals surface area contributed by atoms with Crippen LogP contribution in [-0.2, 0) is 4.79 Å². The van der Waals surface area contributed by atoms with Crippen LogP contribution in [0.4, 0.5) is 13.2 Å². The van der Waals surface area contributed by atoms with Crippen molar-refractivity contribution in [1.82, 2.24) is 10.6 Å². The van der Waals surface area contributed by atoms with E-state index in [4.69, 9.17) is 0 Å². The SMILES string of the molecule is O=C1CCC(NC2CCC(C(F)(F)F)CC2)CN1. The Balaban J connectivity index is 1.72. The van der Waals surface area contributed by atoms with Crippen molar-refractivity contribution in [3.8, 4) is 0 Å². The molecule has 2 N–H and O–H groups in total. The topological polar surface area (TPSA) is 41.1 Å². The lowest BCUT2D eigenvalue weighted by atomic mass is 9.85. The Labute approximate surface area is 104 Å². The molecule has 1 aliphatic heterocycles. The molecular formula is C12H19F3N2O. The molecule has 2 rings (SSSR count). The van der Waals surface area contributed by atoms with E-state index in [0.29, 0.717) is 25.8 Å². The second kappa shape index (κ2) is 5.47. The average Bonchev–Trinajstić information content (AvgIpc) is 2.32. The zero-order valence-corrected chi connectivity index (χ0v) is 10.2. The number of hydrogen-bond donors (Lipinski definition) is 2. The summed E-state index contributed by atoms with van der Waals surface area (Å²) in [5, 5.41) is 6.14. The van der Waals surface area contributed by atoms with Crippen molar-refractivity contribution in [2.45, 2.75) is 56.8 Å². The van der Waals surface area contributed by atoms with Crippen molar-refractivity contribution < 1.29 is 18.0 Å². The maximum atomic E-state index is 12.5. The molecule has 2 fully saturated rings. The summed E-state index contributed by atoms with van der Waals surface area (Å²) in [7, 11) is 0. The van der Waals surface area contributed by atoms with E-state index in [-0.39, 0.29) is 30.8 Å². The van der Waals surface area contributed by atoms with Gasteiger partial charge in [-0.15, -0.1) is 0 Å². The minimum absolute atomic E-state index is 0.0637. The van der Waals surface area contributed by atoms with Crippen molar-refractivity contribution in [2.75, 3.05) is 6.54 Å². The summed E-state index contributed by atoms with van der Waals surface area (Å²) in [5.74, 6) is -1.06. The van der Waals surface area contributed by atoms with E-state index in [2.05, 4.69) is 10.6 Å². The summed E-state index contributed by atoms with van der Waals surface area (Å²) in [4.78, 5) is 11.0. The fraction of sp³-hybridized carbons (Fsp3) is 0.917. The normalized spacial score (nSPS) is 34.2. The molecule has 0 aromatic carbocycles. The molecular weight excluding hydrogens is 245 g/mol. The van der Waals surface area contributed by atoms with E-state index in [1.165, 1.54) is 0 Å². The molecule has 1 aliphatic carbocycles. The van der Waals surface area contributed by atoms with Crippen LogP contribution in [0.1, 0.15) is 38.5 Å². The second-order valence-electron chi connectivity index (χ2n) is 5.30. The van der Waals surface area contributed by atoms with Gasteiger partial charge in [0.25, 0.3) is 0 Å². The lowest BCUT2D eigenvalue weighted by Gasteiger charge is -2.34. The highest BCUT2D eigenvalue weighted by molar-refractivity contribution is 5.76. The van der Waals surface area contributed by atoms with Gasteiger partial charge >= 0.3 is 6.18 Å². The van der Waals surface area contributed by atoms with Crippen LogP contribution in [0.15, 0.2) is 0 Å². The summed E-state index contributed by atoms with van der Waals surface area (Å²) in [6.45, 7) is 0.595. The van der Waals surface area contributed by atoms with E-state index in [1.807, 2.05) is 0 Å². The number of piperidine rings is 1. The highest BCUT2D eigenvalue weighted by atomic mass is 19.4. The van der Waals surface area contributed by atoms with Crippen LogP contribution in [0, 0.1) is 5.92 Å². The van der Waals surface area contributed by atoms with Crippen LogP contribution in [-0.4, -0.2) is 30.7 Å². The third kappa shape index (κ3) is 3.60. The Morgan fingerprint density at radius 2 is 1.72 bits per heavy atom. The largest absolute Gasteiger partial charge is 0.391 e. The first-order valence-corrected chi connectivity index (χ1v) is 6.54. The van der Waals surface area contributed by atoms with Crippen molar-refractivity contribution in [3.05, 3.63) is 0 Å². The molecule has 18 heavy (non-hydrogen) atoms. The first kappa shape index (κ1) is 13.6. The van der Waals surface area contributed by atoms with Crippen LogP contribution < -0.4 is 10.6 Å². The van der Waals surface area contributed by atoms with Crippen LogP contribution >= 0.6 is 0 Å². The summed E-state index contributed by atoms with van der Waals surface area (Å²) in [5.41, 5.74) is 0. The van der Waals surface area contributed by atoms with Gasteiger partial charge in [0.15, 0.2) is 0 Å². The van der Waals surface area contributed by atoms with Gasteiger partial charge in [-0.1, -0.05) is 0 Å². The van der Waals surface area contributed by atoms with Gasteiger partial charge in [-0.05, 0) is 32.1 Å². The number of halogens is 3. The molecule has 1 amide bonds. The lowest BCUT2D eigenvalue weighted by molar-refractivity contribution is -0.182. The van der Waals surface area contributed by atoms with Gasteiger partial charge in [0.05, 0.1) is 5.92 Å². The monoisotopic (exact) mass is 264 g/mol. The first-order chi connectivity index (χ1) is 8.45. The third-order valence-electron chi connectivity index (χ3n) is 3.93. The lowest BCUT2D eigenvalue weighted by Crippen LogP contribution is -2.50. The van der Waals surface area contributed by atoms with E-state index >= 15 is 0 Å². The number of nitrogens with one attached hydrogen (secondary N) is 2. The Morgan fingerprint density at radius 3 is 2.22 bits per heavy atom. The first-order valence-electron chi connectivity index (χ1n) is 6.54. The van der Waals surface area contributed by atoms with Crippen molar-refractivity contribution >= 4 is 5.91 Å². The molecule has 6 heteroatoms. The van der Waals surface area contributed by atoms with E-state index in [1.54, 1.807) is 0 Å². The predicted molar refractivity (Wildman–Crippen MR) is 61.0 cm³/mol. The zero-order chi connectivity index (χ0) is 13.2. The van der Waals surface area contributed by atoms with E-state index < -0.39 is 12.1 Å². The van der Waals surface area contributed by atoms with E-state index in [9.17, 15) is 18.0 Å². The quantitative estimate of drug-likeness (QED) is 0.800. The Hall–Kier alpha value is -0.780. The molecule has 0 aromatic rings. The number of carbonyl (C=O) groups is 1. The van der Waals surface area contributed by atoms with Crippen LogP contribution in [0.3, 0.4) is 0 Å². The fourth-order valence-electron chi connectivity index (χ4n) is 2.80. The number of alkyl halides is 3. The molecule has 1 unspecified atom stereocenters. The highest BCUT2D eigenvalue weighted by Gasteiger charge is 2.41. The van der Waals surface area contributed by atoms with Crippen LogP contribution in [0.2, 0.25) is 0 Å². The maximum absolute atomic E-state index is 12.5. The third-order valence-corrected chi connectivity index (χ3v) is 3.93.